The molecule has 0 aliphatic carbocycles. The second-order valence-electron chi connectivity index (χ2n) is 6.46. The minimum atomic E-state index is -0.184. The first-order valence-corrected chi connectivity index (χ1v) is 11.3. The normalized spacial score (nSPS) is 10.5. The summed E-state index contributed by atoms with van der Waals surface area (Å²) < 4.78 is 13.7. The van der Waals surface area contributed by atoms with Gasteiger partial charge < -0.3 is 14.8 Å². The molecule has 29 heavy (non-hydrogen) atoms. The van der Waals surface area contributed by atoms with Gasteiger partial charge in [0.05, 0.1) is 10.2 Å². The third-order valence-electron chi connectivity index (χ3n) is 4.16. The van der Waals surface area contributed by atoms with Crippen LogP contribution in [0, 0.1) is 14.1 Å². The summed E-state index contributed by atoms with van der Waals surface area (Å²) in [5, 5.41) is 2.93. The van der Waals surface area contributed by atoms with Gasteiger partial charge in [-0.1, -0.05) is 35.9 Å². The first-order valence-electron chi connectivity index (χ1n) is 9.18. The lowest BCUT2D eigenvalue weighted by Gasteiger charge is -2.16. The van der Waals surface area contributed by atoms with Crippen LogP contribution < -0.4 is 14.8 Å². The van der Waals surface area contributed by atoms with Crippen molar-refractivity contribution in [2.45, 2.75) is 20.5 Å². The molecule has 3 aromatic rings. The van der Waals surface area contributed by atoms with Crippen LogP contribution in [-0.4, -0.2) is 12.5 Å². The molecule has 0 spiro atoms. The van der Waals surface area contributed by atoms with E-state index in [2.05, 4.69) is 69.6 Å². The summed E-state index contributed by atoms with van der Waals surface area (Å²) in [6.45, 7) is 4.89. The molecule has 0 saturated carbocycles. The lowest BCUT2D eigenvalue weighted by Crippen LogP contribution is -2.13. The molecule has 4 nitrogen and oxygen atoms in total. The number of carbonyl (C=O) groups excluding carboxylic acids is 1. The standard InChI is InChI=1S/C23H21I2NO3/c1-3-28-21-12-17(23(27)26-19-6-4-5-18(24)13-19)11-20(25)22(21)29-14-16-9-7-15(2)8-10-16/h4-13H,3,14H2,1-2H3,(H,26,27). The molecule has 0 aliphatic heterocycles. The van der Waals surface area contributed by atoms with E-state index >= 15 is 0 Å². The van der Waals surface area contributed by atoms with Crippen LogP contribution in [0.4, 0.5) is 5.69 Å². The molecule has 1 N–H and O–H groups in total. The summed E-state index contributed by atoms with van der Waals surface area (Å²) in [5.74, 6) is 1.04. The maximum atomic E-state index is 12.7. The number of hydrogen-bond acceptors (Lipinski definition) is 3. The van der Waals surface area contributed by atoms with Crippen LogP contribution in [-0.2, 0) is 6.61 Å². The van der Waals surface area contributed by atoms with E-state index in [0.29, 0.717) is 30.3 Å². The fraction of sp³-hybridized carbons (Fsp3) is 0.174. The van der Waals surface area contributed by atoms with E-state index in [1.807, 2.05) is 49.4 Å². The van der Waals surface area contributed by atoms with Gasteiger partial charge in [-0.3, -0.25) is 4.79 Å². The van der Waals surface area contributed by atoms with Crippen LogP contribution in [0.25, 0.3) is 0 Å². The van der Waals surface area contributed by atoms with E-state index in [9.17, 15) is 4.79 Å². The topological polar surface area (TPSA) is 47.6 Å². The fourth-order valence-corrected chi connectivity index (χ4v) is 4.01. The van der Waals surface area contributed by atoms with Gasteiger partial charge in [0, 0.05) is 14.8 Å². The molecule has 0 atom stereocenters. The summed E-state index contributed by atoms with van der Waals surface area (Å²) in [6, 6.07) is 19.4. The third kappa shape index (κ3) is 6.08. The van der Waals surface area contributed by atoms with Crippen molar-refractivity contribution in [3.63, 3.8) is 0 Å². The average Bonchev–Trinajstić information content (AvgIpc) is 2.68. The van der Waals surface area contributed by atoms with Crippen molar-refractivity contribution in [3.05, 3.63) is 84.5 Å². The van der Waals surface area contributed by atoms with Gasteiger partial charge in [-0.2, -0.15) is 0 Å². The summed E-state index contributed by atoms with van der Waals surface area (Å²) in [5.41, 5.74) is 3.57. The van der Waals surface area contributed by atoms with Gasteiger partial charge in [0.15, 0.2) is 11.5 Å². The Morgan fingerprint density at radius 2 is 1.76 bits per heavy atom. The van der Waals surface area contributed by atoms with Gasteiger partial charge in [0.25, 0.3) is 5.91 Å². The van der Waals surface area contributed by atoms with Gasteiger partial charge in [-0.25, -0.2) is 0 Å². The molecule has 3 aromatic carbocycles. The number of ether oxygens (including phenoxy) is 2. The van der Waals surface area contributed by atoms with Crippen LogP contribution in [0.2, 0.25) is 0 Å². The summed E-state index contributed by atoms with van der Waals surface area (Å²) in [7, 11) is 0. The lowest BCUT2D eigenvalue weighted by molar-refractivity contribution is 0.102. The zero-order valence-corrected chi connectivity index (χ0v) is 20.5. The molecule has 150 valence electrons. The SMILES string of the molecule is CCOc1cc(C(=O)Nc2cccc(I)c2)cc(I)c1OCc1ccc(C)cc1. The monoisotopic (exact) mass is 613 g/mol. The fourth-order valence-electron chi connectivity index (χ4n) is 2.71. The number of carbonyl (C=O) groups is 1. The first-order chi connectivity index (χ1) is 14.0. The molecule has 0 aromatic heterocycles. The highest BCUT2D eigenvalue weighted by Crippen LogP contribution is 2.35. The number of rotatable bonds is 7. The van der Waals surface area contributed by atoms with Gasteiger partial charge in [-0.15, -0.1) is 0 Å². The second kappa shape index (κ2) is 10.3. The van der Waals surface area contributed by atoms with Gasteiger partial charge in [-0.05, 0) is 94.9 Å². The maximum absolute atomic E-state index is 12.7. The molecular weight excluding hydrogens is 592 g/mol. The molecule has 0 saturated heterocycles. The quantitative estimate of drug-likeness (QED) is 0.313. The van der Waals surface area contributed by atoms with Gasteiger partial charge in [0.2, 0.25) is 0 Å². The third-order valence-corrected chi connectivity index (χ3v) is 5.63. The van der Waals surface area contributed by atoms with Crippen molar-refractivity contribution in [2.24, 2.45) is 0 Å². The minimum absolute atomic E-state index is 0.184. The van der Waals surface area contributed by atoms with E-state index in [0.717, 1.165) is 18.4 Å². The van der Waals surface area contributed by atoms with Crippen molar-refractivity contribution >= 4 is 56.8 Å². The van der Waals surface area contributed by atoms with Crippen molar-refractivity contribution in [2.75, 3.05) is 11.9 Å². The second-order valence-corrected chi connectivity index (χ2v) is 8.86. The van der Waals surface area contributed by atoms with Crippen LogP contribution in [0.1, 0.15) is 28.4 Å². The highest BCUT2D eigenvalue weighted by molar-refractivity contribution is 14.1. The van der Waals surface area contributed by atoms with E-state index in [1.54, 1.807) is 6.07 Å². The van der Waals surface area contributed by atoms with Crippen molar-refractivity contribution < 1.29 is 14.3 Å². The van der Waals surface area contributed by atoms with Crippen LogP contribution >= 0.6 is 45.2 Å². The number of benzene rings is 3. The molecule has 1 amide bonds. The van der Waals surface area contributed by atoms with E-state index < -0.39 is 0 Å². The highest BCUT2D eigenvalue weighted by Gasteiger charge is 2.16. The number of nitrogens with one attached hydrogen (secondary N) is 1. The van der Waals surface area contributed by atoms with Crippen LogP contribution in [0.5, 0.6) is 11.5 Å². The number of aryl methyl sites for hydroxylation is 1. The Bertz CT molecular complexity index is 1000. The largest absolute Gasteiger partial charge is 0.490 e. The van der Waals surface area contributed by atoms with Gasteiger partial charge >= 0.3 is 0 Å². The predicted octanol–water partition coefficient (Wildman–Crippen LogP) is 6.43. The molecule has 0 unspecified atom stereocenters. The highest BCUT2D eigenvalue weighted by atomic mass is 127. The Labute approximate surface area is 198 Å². The molecule has 6 heteroatoms. The number of amides is 1. The molecule has 0 bridgehead atoms. The summed E-state index contributed by atoms with van der Waals surface area (Å²) >= 11 is 4.40. The van der Waals surface area contributed by atoms with Crippen molar-refractivity contribution in [3.8, 4) is 11.5 Å². The Hall–Kier alpha value is -1.81. The van der Waals surface area contributed by atoms with Crippen LogP contribution in [0.15, 0.2) is 60.7 Å². The van der Waals surface area contributed by atoms with E-state index in [-0.39, 0.29) is 5.91 Å². The minimum Gasteiger partial charge on any atom is -0.490 e. The predicted molar refractivity (Wildman–Crippen MR) is 133 cm³/mol. The molecule has 0 aliphatic rings. The van der Waals surface area contributed by atoms with E-state index in [1.165, 1.54) is 5.56 Å². The molecule has 0 fully saturated rings. The molecule has 0 heterocycles. The number of hydrogen-bond donors (Lipinski definition) is 1. The van der Waals surface area contributed by atoms with E-state index in [4.69, 9.17) is 9.47 Å². The Morgan fingerprint density at radius 1 is 1.00 bits per heavy atom. The number of halogens is 2. The number of anilines is 1. The summed E-state index contributed by atoms with van der Waals surface area (Å²) in [4.78, 5) is 12.7. The Morgan fingerprint density at radius 3 is 2.45 bits per heavy atom. The zero-order chi connectivity index (χ0) is 20.8. The van der Waals surface area contributed by atoms with Crippen molar-refractivity contribution in [1.29, 1.82) is 0 Å². The lowest BCUT2D eigenvalue weighted by atomic mass is 10.1. The zero-order valence-electron chi connectivity index (χ0n) is 16.2. The first kappa shape index (κ1) is 21.9. The van der Waals surface area contributed by atoms with Gasteiger partial charge in [0.1, 0.15) is 6.61 Å². The van der Waals surface area contributed by atoms with Crippen LogP contribution in [0.3, 0.4) is 0 Å². The average molecular weight is 613 g/mol. The maximum Gasteiger partial charge on any atom is 0.255 e. The Kier molecular flexibility index (Phi) is 7.77. The Balaban J connectivity index is 1.81. The van der Waals surface area contributed by atoms with Crippen molar-refractivity contribution in [1.82, 2.24) is 0 Å². The molecule has 3 rings (SSSR count). The molecule has 0 radical (unpaired) electrons. The smallest absolute Gasteiger partial charge is 0.255 e. The summed E-state index contributed by atoms with van der Waals surface area (Å²) in [6.07, 6.45) is 0. The molecular formula is C23H21I2NO3.